The molecule has 4 nitrogen and oxygen atoms in total. The van der Waals surface area contributed by atoms with Gasteiger partial charge in [0.2, 0.25) is 0 Å². The highest BCUT2D eigenvalue weighted by atomic mass is 32.1. The van der Waals surface area contributed by atoms with Crippen molar-refractivity contribution in [1.29, 1.82) is 0 Å². The van der Waals surface area contributed by atoms with Gasteiger partial charge in [-0.2, -0.15) is 5.10 Å². The van der Waals surface area contributed by atoms with Crippen LogP contribution in [0.3, 0.4) is 0 Å². The fourth-order valence-electron chi connectivity index (χ4n) is 3.16. The molecule has 1 aliphatic rings. The third-order valence-corrected chi connectivity index (χ3v) is 5.21. The van der Waals surface area contributed by atoms with Crippen molar-refractivity contribution in [3.63, 3.8) is 0 Å². The van der Waals surface area contributed by atoms with Crippen molar-refractivity contribution in [2.45, 2.75) is 44.8 Å². The van der Waals surface area contributed by atoms with E-state index in [1.807, 2.05) is 6.20 Å². The van der Waals surface area contributed by atoms with Gasteiger partial charge in [-0.25, -0.2) is 0 Å². The summed E-state index contributed by atoms with van der Waals surface area (Å²) in [6.45, 7) is 1.64. The van der Waals surface area contributed by atoms with Gasteiger partial charge in [-0.05, 0) is 42.0 Å². The fraction of sp³-hybridized carbons (Fsp3) is 0.412. The Labute approximate surface area is 134 Å². The molecule has 0 amide bonds. The van der Waals surface area contributed by atoms with E-state index in [0.717, 1.165) is 24.3 Å². The van der Waals surface area contributed by atoms with Gasteiger partial charge in [0.25, 0.3) is 0 Å². The van der Waals surface area contributed by atoms with Crippen molar-refractivity contribution < 1.29 is 0 Å². The normalized spacial score (nSPS) is 15.8. The summed E-state index contributed by atoms with van der Waals surface area (Å²) in [7, 11) is 0. The van der Waals surface area contributed by atoms with Crippen molar-refractivity contribution in [3.05, 3.63) is 47.2 Å². The minimum atomic E-state index is 0.624. The Morgan fingerprint density at radius 3 is 3.05 bits per heavy atom. The molecule has 3 aromatic rings. The predicted octanol–water partition coefficient (Wildman–Crippen LogP) is 3.90. The summed E-state index contributed by atoms with van der Waals surface area (Å²) in [4.78, 5) is 4.47. The molecular weight excluding hydrogens is 292 g/mol. The largest absolute Gasteiger partial charge is 0.307 e. The van der Waals surface area contributed by atoms with Crippen LogP contribution in [-0.4, -0.2) is 14.8 Å². The van der Waals surface area contributed by atoms with Crippen LogP contribution in [-0.2, 0) is 13.1 Å². The molecule has 114 valence electrons. The van der Waals surface area contributed by atoms with E-state index in [1.165, 1.54) is 35.9 Å². The highest BCUT2D eigenvalue weighted by Gasteiger charge is 2.17. The van der Waals surface area contributed by atoms with E-state index in [9.17, 15) is 0 Å². The Kier molecular flexibility index (Phi) is 3.91. The van der Waals surface area contributed by atoms with Crippen molar-refractivity contribution >= 4 is 21.6 Å². The van der Waals surface area contributed by atoms with E-state index in [2.05, 4.69) is 44.8 Å². The maximum absolute atomic E-state index is 4.71. The molecule has 0 unspecified atom stereocenters. The number of hydrogen-bond donors (Lipinski definition) is 1. The molecule has 1 saturated carbocycles. The summed E-state index contributed by atoms with van der Waals surface area (Å²) in [5, 5.41) is 10.3. The highest BCUT2D eigenvalue weighted by Crippen LogP contribution is 2.28. The Balaban J connectivity index is 1.34. The minimum Gasteiger partial charge on any atom is -0.307 e. The van der Waals surface area contributed by atoms with Gasteiger partial charge in [-0.1, -0.05) is 12.8 Å². The standard InChI is InChI=1S/C17H20N4S/c1-2-4-15(3-1)21-7-5-14(20-21)12-18-10-13-9-17-16(19-11-13)6-8-22-17/h5-9,11,15,18H,1-4,10,12H2. The smallest absolute Gasteiger partial charge is 0.0809 e. The summed E-state index contributed by atoms with van der Waals surface area (Å²) in [6, 6.07) is 7.04. The lowest BCUT2D eigenvalue weighted by molar-refractivity contribution is 0.461. The molecule has 5 heteroatoms. The SMILES string of the molecule is c1cc2ncc(CNCc3ccn(C4CCCC4)n3)cc2s1. The monoisotopic (exact) mass is 312 g/mol. The first-order valence-corrected chi connectivity index (χ1v) is 8.83. The molecule has 3 aromatic heterocycles. The molecule has 0 aromatic carbocycles. The second kappa shape index (κ2) is 6.18. The Hall–Kier alpha value is -1.72. The minimum absolute atomic E-state index is 0.624. The van der Waals surface area contributed by atoms with Gasteiger partial charge in [0.05, 0.1) is 22.0 Å². The van der Waals surface area contributed by atoms with Crippen LogP contribution in [0.1, 0.15) is 43.0 Å². The molecule has 0 bridgehead atoms. The van der Waals surface area contributed by atoms with Crippen LogP contribution >= 0.6 is 11.3 Å². The summed E-state index contributed by atoms with van der Waals surface area (Å²) in [5.41, 5.74) is 3.44. The molecule has 0 saturated heterocycles. The quantitative estimate of drug-likeness (QED) is 0.777. The van der Waals surface area contributed by atoms with Gasteiger partial charge in [0, 0.05) is 25.5 Å². The van der Waals surface area contributed by atoms with E-state index >= 15 is 0 Å². The maximum atomic E-state index is 4.71. The molecule has 0 radical (unpaired) electrons. The van der Waals surface area contributed by atoms with Gasteiger partial charge >= 0.3 is 0 Å². The van der Waals surface area contributed by atoms with Crippen molar-refractivity contribution in [2.24, 2.45) is 0 Å². The molecule has 4 rings (SSSR count). The molecule has 3 heterocycles. The average Bonchev–Trinajstić information content (AvgIpc) is 3.28. The first-order chi connectivity index (χ1) is 10.9. The molecule has 1 aliphatic carbocycles. The zero-order valence-electron chi connectivity index (χ0n) is 12.5. The number of nitrogens with one attached hydrogen (secondary N) is 1. The topological polar surface area (TPSA) is 42.7 Å². The third kappa shape index (κ3) is 2.91. The van der Waals surface area contributed by atoms with Crippen LogP contribution in [0.2, 0.25) is 0 Å². The van der Waals surface area contributed by atoms with Crippen LogP contribution in [0.4, 0.5) is 0 Å². The van der Waals surface area contributed by atoms with E-state index in [4.69, 9.17) is 5.10 Å². The summed E-state index contributed by atoms with van der Waals surface area (Å²) >= 11 is 1.74. The number of pyridine rings is 1. The number of thiophene rings is 1. The number of aromatic nitrogens is 3. The van der Waals surface area contributed by atoms with Crippen LogP contribution in [0.15, 0.2) is 36.0 Å². The fourth-order valence-corrected chi connectivity index (χ4v) is 3.97. The molecule has 0 spiro atoms. The maximum Gasteiger partial charge on any atom is 0.0809 e. The molecule has 1 N–H and O–H groups in total. The van der Waals surface area contributed by atoms with E-state index < -0.39 is 0 Å². The van der Waals surface area contributed by atoms with Crippen LogP contribution in [0, 0.1) is 0 Å². The van der Waals surface area contributed by atoms with Gasteiger partial charge in [-0.3, -0.25) is 9.67 Å². The summed E-state index contributed by atoms with van der Waals surface area (Å²) in [6.07, 6.45) is 9.33. The van der Waals surface area contributed by atoms with Crippen LogP contribution in [0.25, 0.3) is 10.2 Å². The lowest BCUT2D eigenvalue weighted by Crippen LogP contribution is -2.14. The number of rotatable bonds is 5. The second-order valence-corrected chi connectivity index (χ2v) is 6.92. The number of nitrogens with zero attached hydrogens (tertiary/aromatic N) is 3. The third-order valence-electron chi connectivity index (χ3n) is 4.36. The Bertz CT molecular complexity index is 755. The van der Waals surface area contributed by atoms with Crippen molar-refractivity contribution in [1.82, 2.24) is 20.1 Å². The predicted molar refractivity (Wildman–Crippen MR) is 89.9 cm³/mol. The van der Waals surface area contributed by atoms with Crippen molar-refractivity contribution in [2.75, 3.05) is 0 Å². The first-order valence-electron chi connectivity index (χ1n) is 7.95. The van der Waals surface area contributed by atoms with Gasteiger partial charge in [-0.15, -0.1) is 11.3 Å². The molecule has 0 aliphatic heterocycles. The molecule has 1 fully saturated rings. The molecule has 0 atom stereocenters. The Morgan fingerprint density at radius 2 is 2.14 bits per heavy atom. The van der Waals surface area contributed by atoms with E-state index in [0.29, 0.717) is 6.04 Å². The van der Waals surface area contributed by atoms with Crippen molar-refractivity contribution in [3.8, 4) is 0 Å². The molecule has 22 heavy (non-hydrogen) atoms. The first kappa shape index (κ1) is 13.9. The summed E-state index contributed by atoms with van der Waals surface area (Å²) < 4.78 is 3.41. The van der Waals surface area contributed by atoms with Crippen LogP contribution < -0.4 is 5.32 Å². The number of hydrogen-bond acceptors (Lipinski definition) is 4. The van der Waals surface area contributed by atoms with Gasteiger partial charge in [0.1, 0.15) is 0 Å². The lowest BCUT2D eigenvalue weighted by atomic mass is 10.2. The summed E-state index contributed by atoms with van der Waals surface area (Å²) in [5.74, 6) is 0. The highest BCUT2D eigenvalue weighted by molar-refractivity contribution is 7.17. The van der Waals surface area contributed by atoms with Gasteiger partial charge in [0.15, 0.2) is 0 Å². The van der Waals surface area contributed by atoms with Crippen LogP contribution in [0.5, 0.6) is 0 Å². The zero-order chi connectivity index (χ0) is 14.8. The number of fused-ring (bicyclic) bond motifs is 1. The van der Waals surface area contributed by atoms with E-state index in [-0.39, 0.29) is 0 Å². The lowest BCUT2D eigenvalue weighted by Gasteiger charge is -2.09. The molecular formula is C17H20N4S. The Morgan fingerprint density at radius 1 is 1.23 bits per heavy atom. The zero-order valence-corrected chi connectivity index (χ0v) is 13.4. The van der Waals surface area contributed by atoms with E-state index in [1.54, 1.807) is 11.3 Å². The average molecular weight is 312 g/mol. The van der Waals surface area contributed by atoms with Gasteiger partial charge < -0.3 is 5.32 Å². The second-order valence-electron chi connectivity index (χ2n) is 5.98.